The largest absolute Gasteiger partial charge is 0.356 e. The maximum absolute atomic E-state index is 11.2. The summed E-state index contributed by atoms with van der Waals surface area (Å²) in [6, 6.07) is 4.04. The van der Waals surface area contributed by atoms with Gasteiger partial charge < -0.3 is 9.88 Å². The minimum absolute atomic E-state index is 0.104. The molecule has 0 bridgehead atoms. The Labute approximate surface area is 107 Å². The summed E-state index contributed by atoms with van der Waals surface area (Å²) < 4.78 is 2.15. The van der Waals surface area contributed by atoms with Crippen molar-refractivity contribution in [1.82, 2.24) is 14.9 Å². The van der Waals surface area contributed by atoms with Gasteiger partial charge in [0.15, 0.2) is 0 Å². The van der Waals surface area contributed by atoms with E-state index in [2.05, 4.69) is 34.1 Å². The highest BCUT2D eigenvalue weighted by Gasteiger charge is 2.08. The SMILES string of the molecule is CCC(=O)NCCc1cn(CC)c2ncccc12. The molecule has 1 N–H and O–H groups in total. The second kappa shape index (κ2) is 5.67. The van der Waals surface area contributed by atoms with Crippen molar-refractivity contribution in [3.8, 4) is 0 Å². The number of hydrogen-bond donors (Lipinski definition) is 1. The second-order valence-electron chi connectivity index (χ2n) is 4.27. The van der Waals surface area contributed by atoms with Gasteiger partial charge in [-0.1, -0.05) is 6.92 Å². The third kappa shape index (κ3) is 2.53. The molecule has 0 unspecified atom stereocenters. The van der Waals surface area contributed by atoms with Crippen molar-refractivity contribution in [2.75, 3.05) is 6.54 Å². The highest BCUT2D eigenvalue weighted by atomic mass is 16.1. The van der Waals surface area contributed by atoms with E-state index >= 15 is 0 Å². The van der Waals surface area contributed by atoms with Crippen molar-refractivity contribution < 1.29 is 4.79 Å². The van der Waals surface area contributed by atoms with Gasteiger partial charge >= 0.3 is 0 Å². The minimum Gasteiger partial charge on any atom is -0.356 e. The summed E-state index contributed by atoms with van der Waals surface area (Å²) in [5.41, 5.74) is 2.27. The average molecular weight is 245 g/mol. The molecular weight excluding hydrogens is 226 g/mol. The zero-order valence-corrected chi connectivity index (χ0v) is 10.9. The molecule has 96 valence electrons. The van der Waals surface area contributed by atoms with Crippen molar-refractivity contribution in [3.05, 3.63) is 30.1 Å². The third-order valence-corrected chi connectivity index (χ3v) is 3.09. The Morgan fingerprint density at radius 2 is 2.28 bits per heavy atom. The van der Waals surface area contributed by atoms with Gasteiger partial charge in [-0.2, -0.15) is 0 Å². The number of fused-ring (bicyclic) bond motifs is 1. The monoisotopic (exact) mass is 245 g/mol. The Kier molecular flexibility index (Phi) is 3.97. The lowest BCUT2D eigenvalue weighted by molar-refractivity contribution is -0.120. The average Bonchev–Trinajstić information content (AvgIpc) is 2.77. The zero-order valence-electron chi connectivity index (χ0n) is 10.9. The number of nitrogens with zero attached hydrogens (tertiary/aromatic N) is 2. The Hall–Kier alpha value is -1.84. The van der Waals surface area contributed by atoms with Crippen molar-refractivity contribution in [3.63, 3.8) is 0 Å². The molecule has 0 aliphatic carbocycles. The summed E-state index contributed by atoms with van der Waals surface area (Å²) >= 11 is 0. The van der Waals surface area contributed by atoms with Gasteiger partial charge in [-0.25, -0.2) is 4.98 Å². The lowest BCUT2D eigenvalue weighted by Crippen LogP contribution is -2.24. The van der Waals surface area contributed by atoms with Crippen LogP contribution in [0, 0.1) is 0 Å². The van der Waals surface area contributed by atoms with E-state index in [0.717, 1.165) is 18.6 Å². The van der Waals surface area contributed by atoms with Gasteiger partial charge in [-0.05, 0) is 31.0 Å². The molecule has 0 radical (unpaired) electrons. The number of aryl methyl sites for hydroxylation is 1. The summed E-state index contributed by atoms with van der Waals surface area (Å²) in [5, 5.41) is 4.09. The lowest BCUT2D eigenvalue weighted by Gasteiger charge is -2.02. The molecule has 0 aliphatic heterocycles. The Bertz CT molecular complexity index is 545. The van der Waals surface area contributed by atoms with Gasteiger partial charge in [-0.3, -0.25) is 4.79 Å². The van der Waals surface area contributed by atoms with Crippen molar-refractivity contribution in [2.24, 2.45) is 0 Å². The molecule has 0 spiro atoms. The fourth-order valence-electron chi connectivity index (χ4n) is 2.10. The molecule has 0 fully saturated rings. The van der Waals surface area contributed by atoms with E-state index in [9.17, 15) is 4.79 Å². The highest BCUT2D eigenvalue weighted by molar-refractivity contribution is 5.80. The minimum atomic E-state index is 0.104. The first-order chi connectivity index (χ1) is 8.76. The third-order valence-electron chi connectivity index (χ3n) is 3.09. The predicted molar refractivity (Wildman–Crippen MR) is 72.4 cm³/mol. The number of hydrogen-bond acceptors (Lipinski definition) is 2. The van der Waals surface area contributed by atoms with Crippen LogP contribution >= 0.6 is 0 Å². The summed E-state index contributed by atoms with van der Waals surface area (Å²) in [5.74, 6) is 0.104. The first-order valence-corrected chi connectivity index (χ1v) is 6.45. The van der Waals surface area contributed by atoms with Crippen LogP contribution in [-0.4, -0.2) is 22.0 Å². The summed E-state index contributed by atoms with van der Waals surface area (Å²) in [6.07, 6.45) is 5.34. The summed E-state index contributed by atoms with van der Waals surface area (Å²) in [6.45, 7) is 5.57. The molecule has 2 aromatic heterocycles. The molecule has 0 saturated heterocycles. The molecule has 4 nitrogen and oxygen atoms in total. The van der Waals surface area contributed by atoms with Crippen LogP contribution in [0.25, 0.3) is 11.0 Å². The Balaban J connectivity index is 2.15. The van der Waals surface area contributed by atoms with Gasteiger partial charge in [0.1, 0.15) is 5.65 Å². The molecule has 1 amide bonds. The molecule has 2 aromatic rings. The van der Waals surface area contributed by atoms with Crippen LogP contribution in [-0.2, 0) is 17.8 Å². The molecule has 0 atom stereocenters. The molecular formula is C14H19N3O. The first kappa shape index (κ1) is 12.6. The summed E-state index contributed by atoms with van der Waals surface area (Å²) in [7, 11) is 0. The number of aromatic nitrogens is 2. The van der Waals surface area contributed by atoms with Crippen LogP contribution in [0.4, 0.5) is 0 Å². The quantitative estimate of drug-likeness (QED) is 0.877. The van der Waals surface area contributed by atoms with Crippen LogP contribution in [0.2, 0.25) is 0 Å². The predicted octanol–water partition coefficient (Wildman–Crippen LogP) is 2.12. The van der Waals surface area contributed by atoms with Gasteiger partial charge in [0.05, 0.1) is 0 Å². The highest BCUT2D eigenvalue weighted by Crippen LogP contribution is 2.19. The number of nitrogens with one attached hydrogen (secondary N) is 1. The lowest BCUT2D eigenvalue weighted by atomic mass is 10.1. The molecule has 18 heavy (non-hydrogen) atoms. The molecule has 0 aliphatic rings. The topological polar surface area (TPSA) is 46.9 Å². The van der Waals surface area contributed by atoms with E-state index in [1.54, 1.807) is 0 Å². The van der Waals surface area contributed by atoms with Crippen molar-refractivity contribution >= 4 is 16.9 Å². The fraction of sp³-hybridized carbons (Fsp3) is 0.429. The van der Waals surface area contributed by atoms with Gasteiger partial charge in [0.2, 0.25) is 5.91 Å². The molecule has 0 aromatic carbocycles. The number of amides is 1. The van der Waals surface area contributed by atoms with E-state index in [-0.39, 0.29) is 5.91 Å². The van der Waals surface area contributed by atoms with E-state index < -0.39 is 0 Å². The van der Waals surface area contributed by atoms with E-state index in [1.165, 1.54) is 10.9 Å². The smallest absolute Gasteiger partial charge is 0.219 e. The van der Waals surface area contributed by atoms with Gasteiger partial charge in [0.25, 0.3) is 0 Å². The van der Waals surface area contributed by atoms with Crippen molar-refractivity contribution in [1.29, 1.82) is 0 Å². The molecule has 0 saturated carbocycles. The van der Waals surface area contributed by atoms with Crippen LogP contribution in [0.1, 0.15) is 25.8 Å². The Morgan fingerprint density at radius 1 is 1.44 bits per heavy atom. The number of carbonyl (C=O) groups is 1. The number of carbonyl (C=O) groups excluding carboxylic acids is 1. The van der Waals surface area contributed by atoms with Gasteiger partial charge in [-0.15, -0.1) is 0 Å². The standard InChI is InChI=1S/C14H19N3O/c1-3-13(18)15-9-7-11-10-17(4-2)14-12(11)6-5-8-16-14/h5-6,8,10H,3-4,7,9H2,1-2H3,(H,15,18). The van der Waals surface area contributed by atoms with Gasteiger partial charge in [0, 0.05) is 37.3 Å². The second-order valence-corrected chi connectivity index (χ2v) is 4.27. The van der Waals surface area contributed by atoms with Crippen LogP contribution in [0.3, 0.4) is 0 Å². The maximum Gasteiger partial charge on any atom is 0.219 e. The summed E-state index contributed by atoms with van der Waals surface area (Å²) in [4.78, 5) is 15.6. The zero-order chi connectivity index (χ0) is 13.0. The molecule has 4 heteroatoms. The number of rotatable bonds is 5. The van der Waals surface area contributed by atoms with Crippen LogP contribution < -0.4 is 5.32 Å². The van der Waals surface area contributed by atoms with Crippen LogP contribution in [0.5, 0.6) is 0 Å². The normalized spacial score (nSPS) is 10.8. The van der Waals surface area contributed by atoms with Crippen LogP contribution in [0.15, 0.2) is 24.5 Å². The van der Waals surface area contributed by atoms with E-state index in [4.69, 9.17) is 0 Å². The number of pyridine rings is 1. The maximum atomic E-state index is 11.2. The van der Waals surface area contributed by atoms with E-state index in [0.29, 0.717) is 13.0 Å². The van der Waals surface area contributed by atoms with Crippen molar-refractivity contribution in [2.45, 2.75) is 33.2 Å². The first-order valence-electron chi connectivity index (χ1n) is 6.45. The fourth-order valence-corrected chi connectivity index (χ4v) is 2.10. The molecule has 2 rings (SSSR count). The Morgan fingerprint density at radius 3 is 3.00 bits per heavy atom. The van der Waals surface area contributed by atoms with E-state index in [1.807, 2.05) is 19.2 Å². The molecule has 2 heterocycles.